The molecular weight excluding hydrogens is 210 g/mol. The normalized spacial score (nSPS) is 10.4. The third kappa shape index (κ3) is 3.11. The van der Waals surface area contributed by atoms with Gasteiger partial charge >= 0.3 is 0 Å². The molecule has 0 heterocycles. The van der Waals surface area contributed by atoms with Gasteiger partial charge in [-0.1, -0.05) is 17.7 Å². The summed E-state index contributed by atoms with van der Waals surface area (Å²) in [5, 5.41) is 0.745. The van der Waals surface area contributed by atoms with Crippen LogP contribution in [0.2, 0.25) is 5.02 Å². The fourth-order valence-electron chi connectivity index (χ4n) is 1.61. The maximum absolute atomic E-state index is 6.24. The number of rotatable bonds is 5. The molecule has 1 aromatic carbocycles. The Hall–Kier alpha value is -0.730. The molecule has 0 amide bonds. The van der Waals surface area contributed by atoms with Crippen LogP contribution in [0.25, 0.3) is 0 Å². The Morgan fingerprint density at radius 3 is 2.67 bits per heavy atom. The molecule has 0 aromatic heterocycles. The van der Waals surface area contributed by atoms with Crippen LogP contribution in [0.1, 0.15) is 24.0 Å². The minimum absolute atomic E-state index is 0.737. The Balaban J connectivity index is 2.84. The zero-order chi connectivity index (χ0) is 11.3. The molecule has 0 fully saturated rings. The van der Waals surface area contributed by atoms with Gasteiger partial charge in [0.05, 0.1) is 12.1 Å². The first-order chi connectivity index (χ1) is 7.20. The lowest BCUT2D eigenvalue weighted by atomic mass is 10.0. The molecule has 2 nitrogen and oxygen atoms in total. The number of methoxy groups -OCH3 is 1. The summed E-state index contributed by atoms with van der Waals surface area (Å²) < 4.78 is 5.19. The fourth-order valence-corrected chi connectivity index (χ4v) is 1.99. The predicted molar refractivity (Wildman–Crippen MR) is 64.7 cm³/mol. The number of aryl methyl sites for hydroxylation is 1. The standard InChI is InChI=1S/C12H18ClNO/c1-9-6-7-11(15-2)12(13)10(9)5-3-4-8-14/h6-7H,3-5,8,14H2,1-2H3. The predicted octanol–water partition coefficient (Wildman–Crippen LogP) is 2.94. The molecule has 0 saturated heterocycles. The van der Waals surface area contributed by atoms with Crippen LogP contribution >= 0.6 is 11.6 Å². The van der Waals surface area contributed by atoms with E-state index in [9.17, 15) is 0 Å². The summed E-state index contributed by atoms with van der Waals surface area (Å²) in [6.07, 6.45) is 3.08. The zero-order valence-electron chi connectivity index (χ0n) is 9.35. The Kier molecular flexibility index (Phi) is 4.92. The summed E-state index contributed by atoms with van der Waals surface area (Å²) in [5.74, 6) is 0.755. The number of hydrogen-bond donors (Lipinski definition) is 1. The highest BCUT2D eigenvalue weighted by Gasteiger charge is 2.09. The number of ether oxygens (including phenoxy) is 1. The van der Waals surface area contributed by atoms with Gasteiger partial charge in [0.2, 0.25) is 0 Å². The SMILES string of the molecule is COc1ccc(C)c(CCCCN)c1Cl. The van der Waals surface area contributed by atoms with Crippen molar-refractivity contribution in [3.63, 3.8) is 0 Å². The molecule has 0 bridgehead atoms. The van der Waals surface area contributed by atoms with Gasteiger partial charge in [-0.2, -0.15) is 0 Å². The van der Waals surface area contributed by atoms with Crippen LogP contribution in [-0.4, -0.2) is 13.7 Å². The van der Waals surface area contributed by atoms with Gasteiger partial charge in [0, 0.05) is 0 Å². The first-order valence-corrected chi connectivity index (χ1v) is 5.60. The van der Waals surface area contributed by atoms with E-state index in [1.54, 1.807) is 7.11 Å². The molecule has 0 aliphatic heterocycles. The van der Waals surface area contributed by atoms with Crippen molar-refractivity contribution in [2.45, 2.75) is 26.2 Å². The van der Waals surface area contributed by atoms with Crippen LogP contribution in [0, 0.1) is 6.92 Å². The summed E-state index contributed by atoms with van der Waals surface area (Å²) in [6.45, 7) is 2.81. The fraction of sp³-hybridized carbons (Fsp3) is 0.500. The minimum Gasteiger partial charge on any atom is -0.495 e. The first kappa shape index (κ1) is 12.3. The van der Waals surface area contributed by atoms with Crippen LogP contribution in [0.4, 0.5) is 0 Å². The van der Waals surface area contributed by atoms with Gasteiger partial charge in [0.1, 0.15) is 5.75 Å². The molecule has 1 rings (SSSR count). The Morgan fingerprint density at radius 2 is 2.07 bits per heavy atom. The van der Waals surface area contributed by atoms with E-state index >= 15 is 0 Å². The number of hydrogen-bond acceptors (Lipinski definition) is 2. The van der Waals surface area contributed by atoms with Crippen molar-refractivity contribution in [2.24, 2.45) is 5.73 Å². The van der Waals surface area contributed by atoms with Crippen molar-refractivity contribution < 1.29 is 4.74 Å². The third-order valence-corrected chi connectivity index (χ3v) is 2.96. The van der Waals surface area contributed by atoms with Gasteiger partial charge in [-0.25, -0.2) is 0 Å². The largest absolute Gasteiger partial charge is 0.495 e. The molecule has 1 aromatic rings. The van der Waals surface area contributed by atoms with Crippen molar-refractivity contribution in [3.05, 3.63) is 28.3 Å². The molecule has 0 spiro atoms. The van der Waals surface area contributed by atoms with E-state index in [0.717, 1.165) is 36.6 Å². The van der Waals surface area contributed by atoms with E-state index in [4.69, 9.17) is 22.1 Å². The molecule has 0 unspecified atom stereocenters. The highest BCUT2D eigenvalue weighted by atomic mass is 35.5. The second kappa shape index (κ2) is 5.99. The number of unbranched alkanes of at least 4 members (excludes halogenated alkanes) is 1. The quantitative estimate of drug-likeness (QED) is 0.785. The molecule has 2 N–H and O–H groups in total. The maximum Gasteiger partial charge on any atom is 0.137 e. The lowest BCUT2D eigenvalue weighted by Crippen LogP contribution is -2.00. The molecule has 15 heavy (non-hydrogen) atoms. The number of halogens is 1. The maximum atomic E-state index is 6.24. The molecule has 84 valence electrons. The third-order valence-electron chi connectivity index (χ3n) is 2.54. The number of nitrogens with two attached hydrogens (primary N) is 1. The molecule has 0 aliphatic carbocycles. The summed E-state index contributed by atoms with van der Waals surface area (Å²) in [7, 11) is 1.64. The van der Waals surface area contributed by atoms with Crippen LogP contribution < -0.4 is 10.5 Å². The molecular formula is C12H18ClNO. The van der Waals surface area contributed by atoms with Crippen molar-refractivity contribution in [3.8, 4) is 5.75 Å². The Labute approximate surface area is 96.4 Å². The van der Waals surface area contributed by atoms with E-state index in [-0.39, 0.29) is 0 Å². The van der Waals surface area contributed by atoms with Crippen LogP contribution in [0.5, 0.6) is 5.75 Å². The van der Waals surface area contributed by atoms with Crippen LogP contribution in [-0.2, 0) is 6.42 Å². The minimum atomic E-state index is 0.737. The smallest absolute Gasteiger partial charge is 0.137 e. The average Bonchev–Trinajstić information content (AvgIpc) is 2.23. The lowest BCUT2D eigenvalue weighted by Gasteiger charge is -2.11. The summed E-state index contributed by atoms with van der Waals surface area (Å²) >= 11 is 6.24. The van der Waals surface area contributed by atoms with E-state index in [1.165, 1.54) is 11.1 Å². The number of benzene rings is 1. The molecule has 0 saturated carbocycles. The molecule has 0 atom stereocenters. The first-order valence-electron chi connectivity index (χ1n) is 5.22. The zero-order valence-corrected chi connectivity index (χ0v) is 10.1. The van der Waals surface area contributed by atoms with Gasteiger partial charge < -0.3 is 10.5 Å². The van der Waals surface area contributed by atoms with Crippen molar-refractivity contribution in [2.75, 3.05) is 13.7 Å². The van der Waals surface area contributed by atoms with Crippen molar-refractivity contribution in [1.29, 1.82) is 0 Å². The van der Waals surface area contributed by atoms with Crippen LogP contribution in [0.3, 0.4) is 0 Å². The summed E-state index contributed by atoms with van der Waals surface area (Å²) in [5.41, 5.74) is 7.87. The monoisotopic (exact) mass is 227 g/mol. The van der Waals surface area contributed by atoms with Crippen molar-refractivity contribution >= 4 is 11.6 Å². The van der Waals surface area contributed by atoms with Crippen molar-refractivity contribution in [1.82, 2.24) is 0 Å². The van der Waals surface area contributed by atoms with E-state index in [0.29, 0.717) is 0 Å². The van der Waals surface area contributed by atoms with E-state index in [1.807, 2.05) is 12.1 Å². The topological polar surface area (TPSA) is 35.2 Å². The van der Waals surface area contributed by atoms with Gasteiger partial charge in [-0.15, -0.1) is 0 Å². The van der Waals surface area contributed by atoms with Gasteiger partial charge in [0.15, 0.2) is 0 Å². The molecule has 0 radical (unpaired) electrons. The average molecular weight is 228 g/mol. The molecule has 3 heteroatoms. The second-order valence-corrected chi connectivity index (χ2v) is 4.00. The van der Waals surface area contributed by atoms with Crippen LogP contribution in [0.15, 0.2) is 12.1 Å². The van der Waals surface area contributed by atoms with Gasteiger partial charge in [-0.3, -0.25) is 0 Å². The van der Waals surface area contributed by atoms with E-state index < -0.39 is 0 Å². The Bertz CT molecular complexity index is 326. The Morgan fingerprint density at radius 1 is 1.33 bits per heavy atom. The van der Waals surface area contributed by atoms with Gasteiger partial charge in [0.25, 0.3) is 0 Å². The summed E-state index contributed by atoms with van der Waals surface area (Å²) in [4.78, 5) is 0. The molecule has 0 aliphatic rings. The highest BCUT2D eigenvalue weighted by molar-refractivity contribution is 6.32. The van der Waals surface area contributed by atoms with E-state index in [2.05, 4.69) is 6.92 Å². The summed E-state index contributed by atoms with van der Waals surface area (Å²) in [6, 6.07) is 3.95. The second-order valence-electron chi connectivity index (χ2n) is 3.62. The highest BCUT2D eigenvalue weighted by Crippen LogP contribution is 2.31. The van der Waals surface area contributed by atoms with Gasteiger partial charge in [-0.05, 0) is 49.9 Å². The lowest BCUT2D eigenvalue weighted by molar-refractivity contribution is 0.414.